The second-order valence-electron chi connectivity index (χ2n) is 5.57. The maximum atomic E-state index is 6.08. The molecule has 0 unspecified atom stereocenters. The minimum atomic E-state index is 0. The number of methoxy groups -OCH3 is 1. The number of nitrogens with one attached hydrogen (secondary N) is 1. The predicted octanol–water partition coefficient (Wildman–Crippen LogP) is 2.71. The molecular weight excluding hydrogens is 363 g/mol. The number of aromatic nitrogens is 4. The highest BCUT2D eigenvalue weighted by Gasteiger charge is 2.25. The number of anilines is 2. The van der Waals surface area contributed by atoms with Crippen molar-refractivity contribution < 1.29 is 4.74 Å². The van der Waals surface area contributed by atoms with E-state index in [0.29, 0.717) is 11.1 Å². The molecule has 0 amide bonds. The molecular formula is C16H18Cl2N6O. The van der Waals surface area contributed by atoms with Gasteiger partial charge in [0.05, 0.1) is 12.8 Å². The largest absolute Gasteiger partial charge is 0.495 e. The molecule has 4 rings (SSSR count). The summed E-state index contributed by atoms with van der Waals surface area (Å²) in [4.78, 5) is 20.3. The Bertz CT molecular complexity index is 818. The van der Waals surface area contributed by atoms with E-state index in [9.17, 15) is 0 Å². The molecule has 1 N–H and O–H groups in total. The summed E-state index contributed by atoms with van der Waals surface area (Å²) in [6.45, 7) is 3.45. The second kappa shape index (κ2) is 7.33. The third-order valence-corrected chi connectivity index (χ3v) is 4.43. The van der Waals surface area contributed by atoms with Crippen molar-refractivity contribution >= 4 is 35.5 Å². The average Bonchev–Trinajstić information content (AvgIpc) is 3.09. The highest BCUT2D eigenvalue weighted by atomic mass is 35.5. The van der Waals surface area contributed by atoms with Crippen molar-refractivity contribution in [1.29, 1.82) is 0 Å². The lowest BCUT2D eigenvalue weighted by Crippen LogP contribution is -2.47. The number of hydrogen-bond donors (Lipinski definition) is 1. The molecule has 3 aliphatic heterocycles. The van der Waals surface area contributed by atoms with E-state index in [2.05, 4.69) is 35.8 Å². The van der Waals surface area contributed by atoms with Crippen LogP contribution in [0, 0.1) is 0 Å². The van der Waals surface area contributed by atoms with Crippen molar-refractivity contribution in [2.45, 2.75) is 0 Å². The van der Waals surface area contributed by atoms with E-state index < -0.39 is 0 Å². The molecule has 132 valence electrons. The van der Waals surface area contributed by atoms with E-state index in [1.54, 1.807) is 7.11 Å². The zero-order chi connectivity index (χ0) is 16.5. The molecule has 0 aliphatic carbocycles. The standard InChI is InChI=1S/C16H17ClN6O.ClH/c1-24-12-5-3-2-4-11(12)22-6-8-23(9-7-22)15-13-14(19-10-18-13)20-16(17)21-15;/h2-5,10H,6-9H2,1H3,(H,18,19,20,21);1H. The smallest absolute Gasteiger partial charge is 0.203 e. The zero-order valence-electron chi connectivity index (χ0n) is 13.6. The van der Waals surface area contributed by atoms with Crippen LogP contribution in [0.3, 0.4) is 0 Å². The first kappa shape index (κ1) is 17.6. The summed E-state index contributed by atoms with van der Waals surface area (Å²) in [6.07, 6.45) is 1.51. The fourth-order valence-corrected chi connectivity index (χ4v) is 3.25. The number of halogens is 2. The number of fused-ring (bicyclic) bond motifs is 1. The van der Waals surface area contributed by atoms with Crippen LogP contribution in [0.2, 0.25) is 5.28 Å². The van der Waals surface area contributed by atoms with Gasteiger partial charge in [0.25, 0.3) is 0 Å². The van der Waals surface area contributed by atoms with Crippen molar-refractivity contribution in [1.82, 2.24) is 19.9 Å². The van der Waals surface area contributed by atoms with Gasteiger partial charge in [0.2, 0.25) is 5.28 Å². The molecule has 3 aliphatic rings. The summed E-state index contributed by atoms with van der Waals surface area (Å²) in [7, 11) is 1.70. The Morgan fingerprint density at radius 1 is 1.08 bits per heavy atom. The van der Waals surface area contributed by atoms with Crippen LogP contribution in [0.25, 0.3) is 11.5 Å². The van der Waals surface area contributed by atoms with E-state index in [-0.39, 0.29) is 12.4 Å². The Morgan fingerprint density at radius 3 is 2.56 bits per heavy atom. The number of nitrogens with zero attached hydrogens (tertiary/aromatic N) is 5. The van der Waals surface area contributed by atoms with Gasteiger partial charge >= 0.3 is 0 Å². The number of ether oxygens (including phenoxy) is 1. The number of imidazole rings is 1. The first-order valence-electron chi connectivity index (χ1n) is 7.75. The maximum Gasteiger partial charge on any atom is 0.203 e. The first-order valence-corrected chi connectivity index (χ1v) is 8.13. The van der Waals surface area contributed by atoms with Crippen LogP contribution >= 0.6 is 24.0 Å². The van der Waals surface area contributed by atoms with Gasteiger partial charge in [0.1, 0.15) is 17.9 Å². The van der Waals surface area contributed by atoms with Crippen molar-refractivity contribution in [2.24, 2.45) is 0 Å². The number of aromatic amines is 1. The molecule has 1 saturated heterocycles. The second-order valence-corrected chi connectivity index (χ2v) is 5.93. The van der Waals surface area contributed by atoms with Gasteiger partial charge in [-0.3, -0.25) is 0 Å². The number of rotatable bonds is 3. The molecule has 0 aromatic heterocycles. The van der Waals surface area contributed by atoms with Crippen LogP contribution in [-0.2, 0) is 0 Å². The number of para-hydroxylation sites is 2. The number of benzene rings is 1. The zero-order valence-corrected chi connectivity index (χ0v) is 15.2. The highest BCUT2D eigenvalue weighted by Crippen LogP contribution is 2.31. The SMILES string of the molecule is COc1ccccc1N1CCN(c2[nH]c(Cl)nc3ncnc2-3)CC1.Cl. The van der Waals surface area contributed by atoms with Gasteiger partial charge in [0.15, 0.2) is 11.5 Å². The average molecular weight is 381 g/mol. The van der Waals surface area contributed by atoms with Gasteiger partial charge < -0.3 is 19.5 Å². The van der Waals surface area contributed by atoms with Crippen molar-refractivity contribution in [2.75, 3.05) is 43.1 Å². The summed E-state index contributed by atoms with van der Waals surface area (Å²) >= 11 is 6.08. The van der Waals surface area contributed by atoms with Crippen molar-refractivity contribution in [3.05, 3.63) is 35.9 Å². The minimum Gasteiger partial charge on any atom is -0.495 e. The van der Waals surface area contributed by atoms with Crippen molar-refractivity contribution in [3.63, 3.8) is 0 Å². The molecule has 0 spiro atoms. The molecule has 1 aromatic carbocycles. The van der Waals surface area contributed by atoms with Crippen LogP contribution in [0.1, 0.15) is 0 Å². The van der Waals surface area contributed by atoms with Gasteiger partial charge in [0, 0.05) is 26.2 Å². The Hall–Kier alpha value is -2.25. The van der Waals surface area contributed by atoms with E-state index in [4.69, 9.17) is 16.3 Å². The number of hydrogen-bond acceptors (Lipinski definition) is 6. The van der Waals surface area contributed by atoms with Gasteiger partial charge in [-0.05, 0) is 23.7 Å². The van der Waals surface area contributed by atoms with Gasteiger partial charge in [-0.1, -0.05) is 12.1 Å². The van der Waals surface area contributed by atoms with Crippen LogP contribution in [0.4, 0.5) is 11.5 Å². The lowest BCUT2D eigenvalue weighted by Gasteiger charge is -2.37. The normalized spacial score (nSPS) is 14.5. The van der Waals surface area contributed by atoms with Gasteiger partial charge in [-0.15, -0.1) is 12.4 Å². The first-order chi connectivity index (χ1) is 11.8. The van der Waals surface area contributed by atoms with Gasteiger partial charge in [-0.2, -0.15) is 4.98 Å². The van der Waals surface area contributed by atoms with E-state index in [1.807, 2.05) is 18.2 Å². The monoisotopic (exact) mass is 380 g/mol. The molecule has 0 bridgehead atoms. The van der Waals surface area contributed by atoms with Crippen LogP contribution in [0.5, 0.6) is 5.75 Å². The quantitative estimate of drug-likeness (QED) is 0.704. The molecule has 25 heavy (non-hydrogen) atoms. The maximum absolute atomic E-state index is 6.08. The Balaban J connectivity index is 0.00000182. The van der Waals surface area contributed by atoms with Crippen LogP contribution in [-0.4, -0.2) is 53.2 Å². The van der Waals surface area contributed by atoms with Crippen LogP contribution < -0.4 is 14.5 Å². The lowest BCUT2D eigenvalue weighted by atomic mass is 10.2. The summed E-state index contributed by atoms with van der Waals surface area (Å²) in [5, 5.41) is 0.324. The summed E-state index contributed by atoms with van der Waals surface area (Å²) < 4.78 is 5.47. The topological polar surface area (TPSA) is 70.2 Å². The molecule has 0 saturated carbocycles. The number of H-pyrrole nitrogens is 1. The van der Waals surface area contributed by atoms with Crippen LogP contribution in [0.15, 0.2) is 30.6 Å². The predicted molar refractivity (Wildman–Crippen MR) is 100 cm³/mol. The number of piperazine rings is 1. The molecule has 0 atom stereocenters. The highest BCUT2D eigenvalue weighted by molar-refractivity contribution is 6.28. The third kappa shape index (κ3) is 3.29. The third-order valence-electron chi connectivity index (χ3n) is 4.25. The summed E-state index contributed by atoms with van der Waals surface area (Å²) in [5.74, 6) is 2.34. The summed E-state index contributed by atoms with van der Waals surface area (Å²) in [6, 6.07) is 8.09. The molecule has 3 heterocycles. The Labute approximate surface area is 156 Å². The Morgan fingerprint density at radius 2 is 1.80 bits per heavy atom. The van der Waals surface area contributed by atoms with Crippen molar-refractivity contribution in [3.8, 4) is 17.3 Å². The fourth-order valence-electron chi connectivity index (χ4n) is 3.08. The van der Waals surface area contributed by atoms with E-state index >= 15 is 0 Å². The summed E-state index contributed by atoms with van der Waals surface area (Å²) in [5.41, 5.74) is 1.87. The van der Waals surface area contributed by atoms with E-state index in [0.717, 1.165) is 49.1 Å². The van der Waals surface area contributed by atoms with Gasteiger partial charge in [-0.25, -0.2) is 9.97 Å². The van der Waals surface area contributed by atoms with E-state index in [1.165, 1.54) is 6.33 Å². The fraction of sp³-hybridized carbons (Fsp3) is 0.312. The Kier molecular flexibility index (Phi) is 5.15. The molecule has 1 fully saturated rings. The lowest BCUT2D eigenvalue weighted by molar-refractivity contribution is 0.413. The molecule has 7 nitrogen and oxygen atoms in total. The molecule has 0 radical (unpaired) electrons. The minimum absolute atomic E-state index is 0. The molecule has 9 heteroatoms. The molecule has 1 aromatic rings.